The van der Waals surface area contributed by atoms with Crippen LogP contribution in [0.4, 0.5) is 0 Å². The van der Waals surface area contributed by atoms with E-state index in [0.717, 1.165) is 0 Å². The Morgan fingerprint density at radius 3 is 2.60 bits per heavy atom. The van der Waals surface area contributed by atoms with Crippen LogP contribution in [0.25, 0.3) is 0 Å². The van der Waals surface area contributed by atoms with Crippen molar-refractivity contribution >= 4 is 31.9 Å². The third-order valence-corrected chi connectivity index (χ3v) is 2.63. The van der Waals surface area contributed by atoms with E-state index in [1.807, 2.05) is 4.99 Å². The van der Waals surface area contributed by atoms with Crippen LogP contribution in [0, 0.1) is 0 Å². The van der Waals surface area contributed by atoms with Crippen molar-refractivity contribution in [1.82, 2.24) is 0 Å². The van der Waals surface area contributed by atoms with E-state index in [0.29, 0.717) is 4.83 Å². The van der Waals surface area contributed by atoms with E-state index in [9.17, 15) is 0 Å². The Bertz CT molecular complexity index is 89.3. The van der Waals surface area contributed by atoms with Gasteiger partial charge in [0.2, 0.25) is 0 Å². The lowest BCUT2D eigenvalue weighted by Crippen LogP contribution is -1.94. The Morgan fingerprint density at radius 2 is 2.10 bits per heavy atom. The van der Waals surface area contributed by atoms with Gasteiger partial charge in [0, 0.05) is 4.83 Å². The second kappa shape index (κ2) is 7.80. The van der Waals surface area contributed by atoms with Crippen molar-refractivity contribution in [3.63, 3.8) is 0 Å². The van der Waals surface area contributed by atoms with Crippen LogP contribution in [0.15, 0.2) is 11.1 Å². The van der Waals surface area contributed by atoms with Gasteiger partial charge >= 0.3 is 0 Å². The highest BCUT2D eigenvalue weighted by Gasteiger charge is 1.99. The lowest BCUT2D eigenvalue weighted by molar-refractivity contribution is 0.701. The highest BCUT2D eigenvalue weighted by Crippen LogP contribution is 2.14. The molecule has 0 aliphatic carbocycles. The largest absolute Gasteiger partial charge is 0.0891 e. The van der Waals surface area contributed by atoms with E-state index in [2.05, 4.69) is 44.9 Å². The molecule has 0 radical (unpaired) electrons. The maximum atomic E-state index is 3.62. The summed E-state index contributed by atoms with van der Waals surface area (Å²) in [6.07, 6.45) is 7.12. The maximum absolute atomic E-state index is 3.62. The number of halogens is 2. The molecule has 0 rings (SSSR count). The first-order valence-electron chi connectivity index (χ1n) is 3.70. The summed E-state index contributed by atoms with van der Waals surface area (Å²) in [4.78, 5) is 2.64. The Hall–Kier alpha value is 0.700. The quantitative estimate of drug-likeness (QED) is 0.655. The average Bonchev–Trinajstić information content (AvgIpc) is 1.89. The van der Waals surface area contributed by atoms with E-state index in [1.165, 1.54) is 25.7 Å². The number of allylic oxidation sites excluding steroid dienone is 1. The molecule has 0 saturated heterocycles. The molecule has 10 heavy (non-hydrogen) atoms. The lowest BCUT2D eigenvalue weighted by Gasteiger charge is -2.04. The third kappa shape index (κ3) is 6.81. The van der Waals surface area contributed by atoms with Crippen molar-refractivity contribution in [2.45, 2.75) is 37.4 Å². The van der Waals surface area contributed by atoms with Crippen LogP contribution in [0.2, 0.25) is 0 Å². The maximum Gasteiger partial charge on any atom is 0.0148 e. The van der Waals surface area contributed by atoms with Gasteiger partial charge in [0.25, 0.3) is 0 Å². The van der Waals surface area contributed by atoms with Gasteiger partial charge in [-0.2, -0.15) is 0 Å². The van der Waals surface area contributed by atoms with Gasteiger partial charge in [-0.1, -0.05) is 51.3 Å². The Kier molecular flexibility index (Phi) is 8.35. The van der Waals surface area contributed by atoms with Crippen LogP contribution in [-0.4, -0.2) is 4.83 Å². The Morgan fingerprint density at radius 1 is 1.40 bits per heavy atom. The van der Waals surface area contributed by atoms with Crippen molar-refractivity contribution < 1.29 is 0 Å². The monoisotopic (exact) mass is 268 g/mol. The zero-order valence-electron chi connectivity index (χ0n) is 6.32. The molecule has 60 valence electrons. The summed E-state index contributed by atoms with van der Waals surface area (Å²) in [5, 5.41) is 0. The van der Waals surface area contributed by atoms with Gasteiger partial charge < -0.3 is 0 Å². The minimum atomic E-state index is 0.709. The fraction of sp³-hybridized carbons (Fsp3) is 0.750. The molecule has 0 heterocycles. The number of rotatable bonds is 5. The van der Waals surface area contributed by atoms with Crippen LogP contribution in [0.3, 0.4) is 0 Å². The zero-order chi connectivity index (χ0) is 7.82. The minimum Gasteiger partial charge on any atom is -0.0891 e. The molecule has 0 fully saturated rings. The number of alkyl halides is 1. The van der Waals surface area contributed by atoms with Gasteiger partial charge in [0.05, 0.1) is 0 Å². The van der Waals surface area contributed by atoms with Crippen LogP contribution in [0.1, 0.15) is 32.6 Å². The van der Waals surface area contributed by atoms with Crippen LogP contribution < -0.4 is 0 Å². The summed E-state index contributed by atoms with van der Waals surface area (Å²) in [6, 6.07) is 0. The average molecular weight is 270 g/mol. The Balaban J connectivity index is 3.12. The molecular weight excluding hydrogens is 256 g/mol. The molecule has 0 saturated carbocycles. The zero-order valence-corrected chi connectivity index (χ0v) is 9.49. The summed E-state index contributed by atoms with van der Waals surface area (Å²) in [6.45, 7) is 2.22. The van der Waals surface area contributed by atoms with Gasteiger partial charge in [0.15, 0.2) is 0 Å². The number of hydrogen-bond donors (Lipinski definition) is 0. The van der Waals surface area contributed by atoms with Crippen LogP contribution >= 0.6 is 31.9 Å². The SMILES string of the molecule is CCCC(Br)CCC=CBr. The summed E-state index contributed by atoms with van der Waals surface area (Å²) in [5.41, 5.74) is 0. The standard InChI is InChI=1S/C8H14Br2/c1-2-5-8(10)6-3-4-7-9/h4,7-8H,2-3,5-6H2,1H3. The summed E-state index contributed by atoms with van der Waals surface area (Å²) in [5.74, 6) is 0. The van der Waals surface area contributed by atoms with Crippen molar-refractivity contribution in [3.05, 3.63) is 11.1 Å². The van der Waals surface area contributed by atoms with Crippen molar-refractivity contribution in [2.75, 3.05) is 0 Å². The van der Waals surface area contributed by atoms with E-state index in [-0.39, 0.29) is 0 Å². The molecule has 0 aromatic carbocycles. The van der Waals surface area contributed by atoms with E-state index >= 15 is 0 Å². The molecule has 0 aliphatic heterocycles. The van der Waals surface area contributed by atoms with Gasteiger partial charge in [-0.25, -0.2) is 0 Å². The molecule has 1 unspecified atom stereocenters. The molecule has 0 bridgehead atoms. The summed E-state index contributed by atoms with van der Waals surface area (Å²) < 4.78 is 0. The van der Waals surface area contributed by atoms with Crippen molar-refractivity contribution in [2.24, 2.45) is 0 Å². The Labute approximate surface area is 80.3 Å². The lowest BCUT2D eigenvalue weighted by atomic mass is 10.1. The van der Waals surface area contributed by atoms with E-state index in [4.69, 9.17) is 0 Å². The topological polar surface area (TPSA) is 0 Å². The van der Waals surface area contributed by atoms with Gasteiger partial charge in [-0.3, -0.25) is 0 Å². The first kappa shape index (κ1) is 10.7. The fourth-order valence-corrected chi connectivity index (χ4v) is 1.78. The molecule has 0 amide bonds. The smallest absolute Gasteiger partial charge is 0.0148 e. The second-order valence-corrected chi connectivity index (χ2v) is 4.15. The fourth-order valence-electron chi connectivity index (χ4n) is 0.798. The molecule has 1 atom stereocenters. The van der Waals surface area contributed by atoms with E-state index in [1.54, 1.807) is 0 Å². The third-order valence-electron chi connectivity index (χ3n) is 1.34. The predicted molar refractivity (Wildman–Crippen MR) is 54.9 cm³/mol. The van der Waals surface area contributed by atoms with E-state index < -0.39 is 0 Å². The molecule has 0 N–H and O–H groups in total. The highest BCUT2D eigenvalue weighted by atomic mass is 79.9. The first-order valence-corrected chi connectivity index (χ1v) is 5.53. The molecule has 0 aromatic heterocycles. The molecular formula is C8H14Br2. The minimum absolute atomic E-state index is 0.709. The van der Waals surface area contributed by atoms with Gasteiger partial charge in [0.1, 0.15) is 0 Å². The van der Waals surface area contributed by atoms with Gasteiger partial charge in [-0.15, -0.1) is 0 Å². The number of hydrogen-bond acceptors (Lipinski definition) is 0. The first-order chi connectivity index (χ1) is 4.81. The van der Waals surface area contributed by atoms with Crippen LogP contribution in [0.5, 0.6) is 0 Å². The molecule has 0 aromatic rings. The predicted octanol–water partition coefficient (Wildman–Crippen LogP) is 4.24. The second-order valence-electron chi connectivity index (χ2n) is 2.32. The summed E-state index contributed by atoms with van der Waals surface area (Å²) >= 11 is 6.86. The van der Waals surface area contributed by atoms with Crippen molar-refractivity contribution in [1.29, 1.82) is 0 Å². The normalized spacial score (nSPS) is 14.3. The highest BCUT2D eigenvalue weighted by molar-refractivity contribution is 9.11. The molecule has 2 heteroatoms. The van der Waals surface area contributed by atoms with Gasteiger partial charge in [-0.05, 0) is 24.2 Å². The van der Waals surface area contributed by atoms with Crippen LogP contribution in [-0.2, 0) is 0 Å². The molecule has 0 nitrogen and oxygen atoms in total. The van der Waals surface area contributed by atoms with Crippen molar-refractivity contribution in [3.8, 4) is 0 Å². The summed E-state index contributed by atoms with van der Waals surface area (Å²) in [7, 11) is 0. The molecule has 0 spiro atoms. The molecule has 0 aliphatic rings.